The molecule has 0 rings (SSSR count). The smallest absolute Gasteiger partial charge is 2.00 e. The van der Waals surface area contributed by atoms with Crippen molar-refractivity contribution >= 4 is 0 Å². The number of rotatable bonds is 0. The Bertz CT molecular complexity index is 10.8. The van der Waals surface area contributed by atoms with Gasteiger partial charge >= 0.3 is 33.8 Å². The van der Waals surface area contributed by atoms with Gasteiger partial charge in [0.2, 0.25) is 0 Å². The summed E-state index contributed by atoms with van der Waals surface area (Å²) in [5.74, 6) is 0. The molecule has 0 N–H and O–H groups in total. The molecule has 2 radical (unpaired) electrons. The summed E-state index contributed by atoms with van der Waals surface area (Å²) >= 11 is 0. The van der Waals surface area contributed by atoms with Crippen LogP contribution in [-0.4, -0.2) is 0 Å². The van der Waals surface area contributed by atoms with Gasteiger partial charge < -0.3 is 16.4 Å². The van der Waals surface area contributed by atoms with Gasteiger partial charge in [0.05, 0.1) is 12.4 Å². The maximum atomic E-state index is 0. The number of hydrogen-bond donors (Lipinski definition) is 0. The van der Waals surface area contributed by atoms with Gasteiger partial charge in [-0.15, -0.1) is 0 Å². The largest absolute Gasteiger partial charge is 3.00 e. The SMILES string of the molecule is [ClH2+].[Co+2].[Fe+3].[O-2].[O-2].[O-2]. The molecule has 0 saturated carbocycles. The fourth-order valence-electron chi connectivity index (χ4n) is 0. The van der Waals surface area contributed by atoms with E-state index in [2.05, 4.69) is 0 Å². The van der Waals surface area contributed by atoms with Crippen molar-refractivity contribution in [3.63, 3.8) is 0 Å². The van der Waals surface area contributed by atoms with E-state index < -0.39 is 0 Å². The Morgan fingerprint density at radius 1 is 0.667 bits per heavy atom. The molecule has 0 aromatic heterocycles. The van der Waals surface area contributed by atoms with Crippen molar-refractivity contribution in [2.75, 3.05) is 0 Å². The molecular formula is H2ClCoFeO3. The zero-order valence-electron chi connectivity index (χ0n) is 2.36. The summed E-state index contributed by atoms with van der Waals surface area (Å²) in [6.07, 6.45) is 0. The van der Waals surface area contributed by atoms with Crippen molar-refractivity contribution in [1.82, 2.24) is 0 Å². The molecule has 0 aliphatic rings. The van der Waals surface area contributed by atoms with Crippen LogP contribution in [0, 0.1) is 12.4 Å². The van der Waals surface area contributed by atoms with Gasteiger partial charge in [-0.1, -0.05) is 0 Å². The summed E-state index contributed by atoms with van der Waals surface area (Å²) in [6, 6.07) is 0. The van der Waals surface area contributed by atoms with Crippen molar-refractivity contribution in [3.05, 3.63) is 0 Å². The molecule has 0 heterocycles. The first-order valence-electron chi connectivity index (χ1n) is 0. The molecule has 3 nitrogen and oxygen atoms in total. The molecule has 0 fully saturated rings. The maximum Gasteiger partial charge on any atom is 3.00 e. The fourth-order valence-corrected chi connectivity index (χ4v) is 0. The predicted molar refractivity (Wildman–Crippen MR) is 4.85 cm³/mol. The monoisotopic (exact) mass is 200 g/mol. The zero-order valence-corrected chi connectivity index (χ0v) is 5.40. The second-order valence-corrected chi connectivity index (χ2v) is 0. The predicted octanol–water partition coefficient (Wildman–Crippen LogP) is -0.897. The van der Waals surface area contributed by atoms with Crippen molar-refractivity contribution in [1.29, 1.82) is 0 Å². The van der Waals surface area contributed by atoms with Crippen LogP contribution in [0.25, 0.3) is 0 Å². The topological polar surface area (TPSA) is 85.5 Å². The van der Waals surface area contributed by atoms with Crippen LogP contribution < -0.4 is 0 Å². The summed E-state index contributed by atoms with van der Waals surface area (Å²) in [5.41, 5.74) is 0. The van der Waals surface area contributed by atoms with E-state index in [-0.39, 0.29) is 62.7 Å². The minimum Gasteiger partial charge on any atom is -2.00 e. The molecule has 0 aliphatic heterocycles. The second kappa shape index (κ2) is 117. The van der Waals surface area contributed by atoms with E-state index in [1.54, 1.807) is 0 Å². The summed E-state index contributed by atoms with van der Waals surface area (Å²) in [5, 5.41) is 0. The number of halogens is 1. The molecule has 0 amide bonds. The van der Waals surface area contributed by atoms with Crippen LogP contribution in [0.1, 0.15) is 0 Å². The minimum atomic E-state index is 0. The molecule has 0 spiro atoms. The van der Waals surface area contributed by atoms with Gasteiger partial charge in [0.15, 0.2) is 0 Å². The van der Waals surface area contributed by atoms with Gasteiger partial charge in [-0.3, -0.25) is 0 Å². The third-order valence-corrected chi connectivity index (χ3v) is 0. The van der Waals surface area contributed by atoms with Crippen molar-refractivity contribution in [2.24, 2.45) is 0 Å². The molecule has 0 aromatic carbocycles. The van der Waals surface area contributed by atoms with Crippen LogP contribution in [0.2, 0.25) is 0 Å². The van der Waals surface area contributed by atoms with Crippen molar-refractivity contribution in [2.45, 2.75) is 0 Å². The summed E-state index contributed by atoms with van der Waals surface area (Å²) in [4.78, 5) is 0. The molecule has 0 unspecified atom stereocenters. The van der Waals surface area contributed by atoms with E-state index in [4.69, 9.17) is 0 Å². The normalized spacial score (nSPS) is 0. The van der Waals surface area contributed by atoms with Crippen LogP contribution in [0.15, 0.2) is 0 Å². The molecule has 0 saturated heterocycles. The van der Waals surface area contributed by atoms with E-state index in [0.717, 1.165) is 0 Å². The Morgan fingerprint density at radius 2 is 0.667 bits per heavy atom. The van der Waals surface area contributed by atoms with Crippen molar-refractivity contribution in [3.8, 4) is 0 Å². The third-order valence-electron chi connectivity index (χ3n) is 0. The average molecular weight is 200 g/mol. The van der Waals surface area contributed by atoms with Crippen LogP contribution in [0.5, 0.6) is 0 Å². The molecule has 44 valence electrons. The van der Waals surface area contributed by atoms with Gasteiger partial charge in [0, 0.05) is 0 Å². The van der Waals surface area contributed by atoms with Crippen LogP contribution in [-0.2, 0) is 50.3 Å². The first kappa shape index (κ1) is 193. The Labute approximate surface area is 62.9 Å². The molecular weight excluding hydrogens is 198 g/mol. The van der Waals surface area contributed by atoms with Gasteiger partial charge in [-0.05, 0) is 0 Å². The summed E-state index contributed by atoms with van der Waals surface area (Å²) < 4.78 is 0. The summed E-state index contributed by atoms with van der Waals surface area (Å²) in [7, 11) is 0. The molecule has 0 aromatic rings. The Balaban J connectivity index is 0. The average Bonchev–Trinajstić information content (AvgIpc) is 0. The third kappa shape index (κ3) is 64.0. The minimum absolute atomic E-state index is 0. The summed E-state index contributed by atoms with van der Waals surface area (Å²) in [6.45, 7) is 0. The van der Waals surface area contributed by atoms with Gasteiger partial charge in [-0.2, -0.15) is 0 Å². The second-order valence-electron chi connectivity index (χ2n) is 0. The first-order chi connectivity index (χ1) is 0. The molecule has 0 aliphatic carbocycles. The molecule has 0 atom stereocenters. The Morgan fingerprint density at radius 3 is 0.667 bits per heavy atom. The van der Waals surface area contributed by atoms with Gasteiger partial charge in [0.1, 0.15) is 0 Å². The zero-order chi connectivity index (χ0) is 0. The van der Waals surface area contributed by atoms with E-state index in [9.17, 15) is 0 Å². The molecule has 6 heteroatoms. The van der Waals surface area contributed by atoms with E-state index in [1.165, 1.54) is 0 Å². The number of hydrogen-bond acceptors (Lipinski definition) is 0. The van der Waals surface area contributed by atoms with E-state index in [0.29, 0.717) is 0 Å². The van der Waals surface area contributed by atoms with Crippen molar-refractivity contribution < 1.29 is 62.7 Å². The Kier molecular flexibility index (Phi) is 3760. The van der Waals surface area contributed by atoms with E-state index in [1.807, 2.05) is 0 Å². The maximum absolute atomic E-state index is 0. The fraction of sp³-hybridized carbons (Fsp3) is 0. The van der Waals surface area contributed by atoms with Gasteiger partial charge in [0.25, 0.3) is 0 Å². The standard InChI is InChI=1S/ClH2.Co.Fe.3O/h1H2;;;;;/q+1;+2;+3;3*-2. The quantitative estimate of drug-likeness (QED) is 0.454. The van der Waals surface area contributed by atoms with Crippen LogP contribution >= 0.6 is 0 Å². The van der Waals surface area contributed by atoms with E-state index >= 15 is 0 Å². The Hall–Kier alpha value is 1.20. The van der Waals surface area contributed by atoms with Crippen LogP contribution in [0.4, 0.5) is 0 Å². The first-order valence-corrected chi connectivity index (χ1v) is 0. The van der Waals surface area contributed by atoms with Crippen LogP contribution in [0.3, 0.4) is 0 Å². The molecule has 6 heavy (non-hydrogen) atoms. The van der Waals surface area contributed by atoms with Gasteiger partial charge in [-0.25, -0.2) is 0 Å². The molecule has 0 bridgehead atoms.